The molecule has 5 N–H and O–H groups in total. The molecule has 55 heavy (non-hydrogen) atoms. The third kappa shape index (κ3) is 37.0. The van der Waals surface area contributed by atoms with E-state index in [0.717, 1.165) is 64.2 Å². The Hall–Kier alpha value is -2.41. The van der Waals surface area contributed by atoms with Crippen molar-refractivity contribution in [1.82, 2.24) is 0 Å². The monoisotopic (exact) mass is 800 g/mol. The number of hydrogen-bond donors (Lipinski definition) is 5. The number of rotatable bonds is 37. The Morgan fingerprint density at radius 2 is 1.15 bits per heavy atom. The molecule has 5 atom stereocenters. The molecule has 0 amide bonds. The fraction of sp³-hybridized carbons (Fsp3) is 0.714. The molecular formula is C42H73O12P. The number of phosphoric acid groups is 1. The quantitative estimate of drug-likeness (QED) is 0.0133. The summed E-state index contributed by atoms with van der Waals surface area (Å²) in [7, 11) is -4.68. The van der Waals surface area contributed by atoms with Crippen LogP contribution in [0.1, 0.15) is 142 Å². The van der Waals surface area contributed by atoms with Crippen LogP contribution in [0.5, 0.6) is 0 Å². The van der Waals surface area contributed by atoms with E-state index in [1.165, 1.54) is 25.7 Å². The van der Waals surface area contributed by atoms with Crippen LogP contribution in [-0.4, -0.2) is 88.1 Å². The highest BCUT2D eigenvalue weighted by Gasteiger charge is 2.27. The normalized spacial score (nSPS) is 15.7. The molecule has 13 heteroatoms. The van der Waals surface area contributed by atoms with Gasteiger partial charge in [0.2, 0.25) is 0 Å². The third-order valence-electron chi connectivity index (χ3n) is 8.35. The fourth-order valence-corrected chi connectivity index (χ4v) is 5.87. The fourth-order valence-electron chi connectivity index (χ4n) is 5.08. The maximum Gasteiger partial charge on any atom is 0.472 e. The molecule has 318 valence electrons. The summed E-state index contributed by atoms with van der Waals surface area (Å²) in [5.74, 6) is -1.17. The van der Waals surface area contributed by atoms with E-state index in [9.17, 15) is 34.4 Å². The lowest BCUT2D eigenvalue weighted by molar-refractivity contribution is -0.161. The second-order valence-corrected chi connectivity index (χ2v) is 15.2. The van der Waals surface area contributed by atoms with E-state index in [1.54, 1.807) is 18.2 Å². The number of aliphatic hydroxyl groups is 4. The number of esters is 2. The predicted molar refractivity (Wildman–Crippen MR) is 217 cm³/mol. The highest BCUT2D eigenvalue weighted by atomic mass is 31.2. The van der Waals surface area contributed by atoms with Crippen LogP contribution >= 0.6 is 7.82 Å². The van der Waals surface area contributed by atoms with E-state index in [4.69, 9.17) is 19.1 Å². The molecule has 0 aromatic carbocycles. The lowest BCUT2D eigenvalue weighted by Gasteiger charge is -2.20. The van der Waals surface area contributed by atoms with Crippen molar-refractivity contribution in [2.24, 2.45) is 0 Å². The summed E-state index contributed by atoms with van der Waals surface area (Å²) in [6.45, 7) is 1.96. The number of carbonyl (C=O) groups is 2. The van der Waals surface area contributed by atoms with Crippen LogP contribution in [0.3, 0.4) is 0 Å². The summed E-state index contributed by atoms with van der Waals surface area (Å²) in [5, 5.41) is 38.4. The van der Waals surface area contributed by atoms with Gasteiger partial charge in [-0.25, -0.2) is 4.57 Å². The Bertz CT molecular complexity index is 1140. The summed E-state index contributed by atoms with van der Waals surface area (Å²) in [5.41, 5.74) is 0. The van der Waals surface area contributed by atoms with Crippen molar-refractivity contribution in [3.05, 3.63) is 60.8 Å². The molecule has 0 radical (unpaired) electrons. The minimum atomic E-state index is -4.68. The van der Waals surface area contributed by atoms with Crippen LogP contribution in [0.2, 0.25) is 0 Å². The van der Waals surface area contributed by atoms with Crippen molar-refractivity contribution in [1.29, 1.82) is 0 Å². The van der Waals surface area contributed by atoms with Gasteiger partial charge in [-0.2, -0.15) is 0 Å². The van der Waals surface area contributed by atoms with E-state index in [0.29, 0.717) is 12.8 Å². The molecule has 0 saturated heterocycles. The first-order valence-electron chi connectivity index (χ1n) is 20.5. The van der Waals surface area contributed by atoms with Crippen molar-refractivity contribution < 1.29 is 58.0 Å². The summed E-state index contributed by atoms with van der Waals surface area (Å²) in [6.07, 6.45) is 32.6. The number of unbranched alkanes of at least 4 members (excludes halogenated alkanes) is 11. The van der Waals surface area contributed by atoms with Crippen LogP contribution < -0.4 is 0 Å². The molecule has 0 fully saturated rings. The number of carbonyl (C=O) groups excluding carboxylic acids is 2. The van der Waals surface area contributed by atoms with Gasteiger partial charge in [0.05, 0.1) is 32.0 Å². The van der Waals surface area contributed by atoms with Gasteiger partial charge in [0.15, 0.2) is 6.10 Å². The minimum Gasteiger partial charge on any atom is -0.462 e. The molecule has 0 aliphatic carbocycles. The molecule has 12 nitrogen and oxygen atoms in total. The first kappa shape index (κ1) is 52.6. The average molecular weight is 801 g/mol. The van der Waals surface area contributed by atoms with E-state index >= 15 is 0 Å². The SMILES string of the molecule is CCCCCC/C=C\CCCCCCCC(=O)OC[C@H](COP(=O)(O)OC[C@@H](O)CO)OC(=O)CCC[C@H](O)/C=C/C=C\C/C=C\C=C\[C@H](O)CCCCC. The lowest BCUT2D eigenvalue weighted by Crippen LogP contribution is -2.30. The molecule has 1 unspecified atom stereocenters. The summed E-state index contributed by atoms with van der Waals surface area (Å²) in [4.78, 5) is 34.9. The first-order valence-corrected chi connectivity index (χ1v) is 22.0. The zero-order valence-corrected chi connectivity index (χ0v) is 34.5. The molecule has 0 rings (SSSR count). The highest BCUT2D eigenvalue weighted by molar-refractivity contribution is 7.47. The van der Waals surface area contributed by atoms with Gasteiger partial charge >= 0.3 is 19.8 Å². The van der Waals surface area contributed by atoms with Crippen LogP contribution in [0.4, 0.5) is 0 Å². The lowest BCUT2D eigenvalue weighted by atomic mass is 10.1. The Morgan fingerprint density at radius 3 is 1.76 bits per heavy atom. The second kappa shape index (κ2) is 37.2. The van der Waals surface area contributed by atoms with Gasteiger partial charge in [-0.1, -0.05) is 132 Å². The zero-order valence-electron chi connectivity index (χ0n) is 33.6. The van der Waals surface area contributed by atoms with Crippen molar-refractivity contribution in [2.75, 3.05) is 26.4 Å². The van der Waals surface area contributed by atoms with Gasteiger partial charge in [0.25, 0.3) is 0 Å². The molecule has 0 aromatic heterocycles. The molecule has 0 aliphatic rings. The maximum atomic E-state index is 12.6. The van der Waals surface area contributed by atoms with E-state index in [-0.39, 0.29) is 25.7 Å². The number of phosphoric ester groups is 1. The van der Waals surface area contributed by atoms with E-state index < -0.39 is 70.6 Å². The van der Waals surface area contributed by atoms with Crippen LogP contribution in [0.15, 0.2) is 60.8 Å². The van der Waals surface area contributed by atoms with Crippen molar-refractivity contribution >= 4 is 19.8 Å². The molecule has 0 bridgehead atoms. The minimum absolute atomic E-state index is 0.0679. The van der Waals surface area contributed by atoms with Gasteiger partial charge < -0.3 is 34.8 Å². The van der Waals surface area contributed by atoms with Crippen LogP contribution in [0.25, 0.3) is 0 Å². The van der Waals surface area contributed by atoms with Crippen LogP contribution in [-0.2, 0) is 32.7 Å². The number of aliphatic hydroxyl groups excluding tert-OH is 4. The van der Waals surface area contributed by atoms with Gasteiger partial charge in [0.1, 0.15) is 12.7 Å². The summed E-state index contributed by atoms with van der Waals surface area (Å²) < 4.78 is 32.4. The molecule has 0 saturated carbocycles. The Kier molecular flexibility index (Phi) is 35.6. The van der Waals surface area contributed by atoms with E-state index in [2.05, 4.69) is 30.5 Å². The second-order valence-electron chi connectivity index (χ2n) is 13.7. The highest BCUT2D eigenvalue weighted by Crippen LogP contribution is 2.43. The maximum absolute atomic E-state index is 12.6. The number of ether oxygens (including phenoxy) is 2. The number of hydrogen-bond acceptors (Lipinski definition) is 11. The Balaban J connectivity index is 4.62. The predicted octanol–water partition coefficient (Wildman–Crippen LogP) is 8.27. The average Bonchev–Trinajstić information content (AvgIpc) is 3.16. The first-order chi connectivity index (χ1) is 26.5. The van der Waals surface area contributed by atoms with Gasteiger partial charge in [-0.15, -0.1) is 0 Å². The van der Waals surface area contributed by atoms with Gasteiger partial charge in [-0.05, 0) is 57.8 Å². The standard InChI is InChI=1S/C42H73O12P/c1-3-5-7-8-9-10-11-12-13-14-18-21-25-31-41(47)51-35-40(36-53-55(49,50)52-34-39(46)33-43)54-42(48)32-26-30-38(45)29-24-20-17-15-16-19-23-28-37(44)27-22-6-4-2/h10-11,16-17,19-20,23-24,28-29,37-40,43-46H,3-9,12-15,18,21-22,25-27,30-36H2,1-2H3,(H,49,50)/b11-10-,19-16-,20-17-,28-23+,29-24+/t37-,38-,39+,40-/m1/s1. The summed E-state index contributed by atoms with van der Waals surface area (Å²) >= 11 is 0. The zero-order chi connectivity index (χ0) is 40.8. The molecular weight excluding hydrogens is 727 g/mol. The Labute approximate surface area is 331 Å². The molecule has 0 spiro atoms. The van der Waals surface area contributed by atoms with Crippen molar-refractivity contribution in [2.45, 2.75) is 167 Å². The van der Waals surface area contributed by atoms with E-state index in [1.807, 2.05) is 30.4 Å². The molecule has 0 heterocycles. The summed E-state index contributed by atoms with van der Waals surface area (Å²) in [6, 6.07) is 0. The van der Waals surface area contributed by atoms with Gasteiger partial charge in [0, 0.05) is 12.8 Å². The molecule has 0 aromatic rings. The van der Waals surface area contributed by atoms with Crippen molar-refractivity contribution in [3.8, 4) is 0 Å². The number of allylic oxidation sites excluding steroid dienone is 8. The topological polar surface area (TPSA) is 189 Å². The van der Waals surface area contributed by atoms with Crippen LogP contribution in [0, 0.1) is 0 Å². The smallest absolute Gasteiger partial charge is 0.462 e. The molecule has 0 aliphatic heterocycles. The Morgan fingerprint density at radius 1 is 0.618 bits per heavy atom. The van der Waals surface area contributed by atoms with Gasteiger partial charge in [-0.3, -0.25) is 18.6 Å². The third-order valence-corrected chi connectivity index (χ3v) is 9.30. The largest absolute Gasteiger partial charge is 0.472 e. The van der Waals surface area contributed by atoms with Crippen molar-refractivity contribution in [3.63, 3.8) is 0 Å².